The molecule has 198 valence electrons. The standard InChI is InChI=1S/C32H37N3O3/c1-6-8-22-14-24(16-25(15-22)32(38)34-26-10-11-28(20(3)4)21(5)13-26)23-9-12-30(36)29(17-23)33-27-18-35(19-27)31(37)7-2/h7,9-11,13-17,20,27,33H,2,6,8,12,18-19H2,1,3-5H3,(H,34,38). The zero-order chi connectivity index (χ0) is 27.4. The number of Topliss-reactive ketones (excluding diaryl/α,β-unsaturated/α-hetero) is 1. The zero-order valence-corrected chi connectivity index (χ0v) is 22.8. The van der Waals surface area contributed by atoms with E-state index in [1.807, 2.05) is 36.4 Å². The lowest BCUT2D eigenvalue weighted by Crippen LogP contribution is -2.59. The quantitative estimate of drug-likeness (QED) is 0.433. The van der Waals surface area contributed by atoms with Crippen molar-refractivity contribution in [2.45, 2.75) is 58.9 Å². The van der Waals surface area contributed by atoms with Gasteiger partial charge >= 0.3 is 0 Å². The predicted octanol–water partition coefficient (Wildman–Crippen LogP) is 5.55. The minimum Gasteiger partial charge on any atom is -0.376 e. The van der Waals surface area contributed by atoms with Crippen molar-refractivity contribution in [2.24, 2.45) is 0 Å². The maximum absolute atomic E-state index is 13.3. The molecule has 2 amide bonds. The minimum atomic E-state index is -0.155. The summed E-state index contributed by atoms with van der Waals surface area (Å²) in [6, 6.07) is 12.0. The Balaban J connectivity index is 1.55. The van der Waals surface area contributed by atoms with Crippen molar-refractivity contribution in [3.8, 4) is 0 Å². The number of aryl methyl sites for hydroxylation is 2. The van der Waals surface area contributed by atoms with Gasteiger partial charge in [-0.15, -0.1) is 0 Å². The maximum Gasteiger partial charge on any atom is 0.255 e. The molecule has 4 rings (SSSR count). The van der Waals surface area contributed by atoms with Crippen LogP contribution in [-0.2, 0) is 16.0 Å². The van der Waals surface area contributed by atoms with E-state index in [0.717, 1.165) is 40.8 Å². The Morgan fingerprint density at radius 1 is 1.16 bits per heavy atom. The fourth-order valence-electron chi connectivity index (χ4n) is 5.06. The largest absolute Gasteiger partial charge is 0.376 e. The SMILES string of the molecule is C=CC(=O)N1CC(NC2=CC(c3cc(CCC)cc(C(=O)Nc4ccc(C(C)C)c(C)c4)c3)=CCC2=O)C1. The molecule has 1 saturated heterocycles. The van der Waals surface area contributed by atoms with Gasteiger partial charge in [-0.05, 0) is 83.5 Å². The summed E-state index contributed by atoms with van der Waals surface area (Å²) in [6.07, 6.45) is 7.19. The Kier molecular flexibility index (Phi) is 8.30. The number of rotatable bonds is 9. The van der Waals surface area contributed by atoms with E-state index in [2.05, 4.69) is 57.0 Å². The molecule has 0 unspecified atom stereocenters. The van der Waals surface area contributed by atoms with Crippen LogP contribution >= 0.6 is 0 Å². The molecule has 2 aromatic rings. The molecule has 2 N–H and O–H groups in total. The van der Waals surface area contributed by atoms with Crippen LogP contribution < -0.4 is 10.6 Å². The average Bonchev–Trinajstić information content (AvgIpc) is 2.86. The Morgan fingerprint density at radius 2 is 1.92 bits per heavy atom. The van der Waals surface area contributed by atoms with Crippen LogP contribution in [0.15, 0.2) is 66.9 Å². The lowest BCUT2D eigenvalue weighted by atomic mass is 9.92. The van der Waals surface area contributed by atoms with Gasteiger partial charge in [0.05, 0.1) is 11.7 Å². The van der Waals surface area contributed by atoms with E-state index in [1.165, 1.54) is 11.6 Å². The van der Waals surface area contributed by atoms with Gasteiger partial charge in [0, 0.05) is 30.8 Å². The van der Waals surface area contributed by atoms with Gasteiger partial charge in [0.1, 0.15) is 0 Å². The van der Waals surface area contributed by atoms with Crippen LogP contribution in [0.5, 0.6) is 0 Å². The molecule has 1 aliphatic carbocycles. The molecule has 0 spiro atoms. The highest BCUT2D eigenvalue weighted by atomic mass is 16.2. The van der Waals surface area contributed by atoms with Crippen molar-refractivity contribution in [1.29, 1.82) is 0 Å². The summed E-state index contributed by atoms with van der Waals surface area (Å²) >= 11 is 0. The van der Waals surface area contributed by atoms with Gasteiger partial charge in [-0.1, -0.05) is 52.0 Å². The molecule has 0 atom stereocenters. The molecular formula is C32H37N3O3. The maximum atomic E-state index is 13.3. The summed E-state index contributed by atoms with van der Waals surface area (Å²) in [5, 5.41) is 6.36. The fraction of sp³-hybridized carbons (Fsp3) is 0.344. The van der Waals surface area contributed by atoms with Crippen molar-refractivity contribution in [1.82, 2.24) is 10.2 Å². The highest BCUT2D eigenvalue weighted by molar-refractivity contribution is 6.06. The predicted molar refractivity (Wildman–Crippen MR) is 153 cm³/mol. The van der Waals surface area contributed by atoms with E-state index < -0.39 is 0 Å². The van der Waals surface area contributed by atoms with Crippen LogP contribution in [0, 0.1) is 6.92 Å². The topological polar surface area (TPSA) is 78.5 Å². The summed E-state index contributed by atoms with van der Waals surface area (Å²) in [5.41, 5.74) is 7.25. The molecule has 2 aromatic carbocycles. The van der Waals surface area contributed by atoms with Gasteiger partial charge in [-0.25, -0.2) is 0 Å². The first kappa shape index (κ1) is 27.1. The van der Waals surface area contributed by atoms with Crippen LogP contribution in [0.3, 0.4) is 0 Å². The third kappa shape index (κ3) is 6.13. The molecule has 1 aliphatic heterocycles. The normalized spacial score (nSPS) is 15.5. The number of hydrogen-bond donors (Lipinski definition) is 2. The van der Waals surface area contributed by atoms with E-state index in [9.17, 15) is 14.4 Å². The molecule has 6 nitrogen and oxygen atoms in total. The van der Waals surface area contributed by atoms with Crippen LogP contribution in [0.25, 0.3) is 5.57 Å². The van der Waals surface area contributed by atoms with Gasteiger partial charge in [0.25, 0.3) is 5.91 Å². The third-order valence-electron chi connectivity index (χ3n) is 7.11. The number of nitrogens with zero attached hydrogens (tertiary/aromatic N) is 1. The van der Waals surface area contributed by atoms with Gasteiger partial charge in [-0.2, -0.15) is 0 Å². The molecule has 6 heteroatoms. The van der Waals surface area contributed by atoms with Crippen molar-refractivity contribution in [2.75, 3.05) is 18.4 Å². The van der Waals surface area contributed by atoms with Crippen molar-refractivity contribution in [3.63, 3.8) is 0 Å². The second-order valence-electron chi connectivity index (χ2n) is 10.5. The number of allylic oxidation sites excluding steroid dienone is 4. The molecule has 1 heterocycles. The van der Waals surface area contributed by atoms with Crippen molar-refractivity contribution < 1.29 is 14.4 Å². The van der Waals surface area contributed by atoms with Crippen molar-refractivity contribution in [3.05, 3.63) is 94.7 Å². The van der Waals surface area contributed by atoms with Crippen LogP contribution in [-0.4, -0.2) is 41.6 Å². The highest BCUT2D eigenvalue weighted by Gasteiger charge is 2.31. The minimum absolute atomic E-state index is 0.0186. The second-order valence-corrected chi connectivity index (χ2v) is 10.5. The lowest BCUT2D eigenvalue weighted by Gasteiger charge is -2.40. The lowest BCUT2D eigenvalue weighted by molar-refractivity contribution is -0.130. The summed E-state index contributed by atoms with van der Waals surface area (Å²) < 4.78 is 0. The molecule has 38 heavy (non-hydrogen) atoms. The summed E-state index contributed by atoms with van der Waals surface area (Å²) in [7, 11) is 0. The molecule has 1 fully saturated rings. The average molecular weight is 512 g/mol. The summed E-state index contributed by atoms with van der Waals surface area (Å²) in [6.45, 7) is 13.1. The first-order chi connectivity index (χ1) is 18.2. The Labute approximate surface area is 225 Å². The third-order valence-corrected chi connectivity index (χ3v) is 7.11. The Bertz CT molecular complexity index is 1330. The van der Waals surface area contributed by atoms with Crippen LogP contribution in [0.2, 0.25) is 0 Å². The molecule has 0 radical (unpaired) electrons. The number of carbonyl (C=O) groups is 3. The first-order valence-electron chi connectivity index (χ1n) is 13.4. The van der Waals surface area contributed by atoms with E-state index in [-0.39, 0.29) is 30.1 Å². The molecular weight excluding hydrogens is 474 g/mol. The van der Waals surface area contributed by atoms with E-state index in [1.54, 1.807) is 4.90 Å². The number of likely N-dealkylation sites (tertiary alicyclic amines) is 1. The number of nitrogens with one attached hydrogen (secondary N) is 2. The number of anilines is 1. The number of ketones is 1. The van der Waals surface area contributed by atoms with Gasteiger partial charge in [0.2, 0.25) is 5.91 Å². The fourth-order valence-corrected chi connectivity index (χ4v) is 5.06. The monoisotopic (exact) mass is 511 g/mol. The molecule has 0 bridgehead atoms. The summed E-state index contributed by atoms with van der Waals surface area (Å²) in [4.78, 5) is 39.3. The molecule has 0 aromatic heterocycles. The first-order valence-corrected chi connectivity index (χ1v) is 13.4. The van der Waals surface area contributed by atoms with Crippen LogP contribution in [0.4, 0.5) is 5.69 Å². The Morgan fingerprint density at radius 3 is 2.58 bits per heavy atom. The van der Waals surface area contributed by atoms with Crippen LogP contribution in [0.1, 0.15) is 72.1 Å². The van der Waals surface area contributed by atoms with Gasteiger partial charge in [0.15, 0.2) is 5.78 Å². The Hall–Kier alpha value is -3.93. The number of benzene rings is 2. The van der Waals surface area contributed by atoms with Gasteiger partial charge < -0.3 is 15.5 Å². The number of carbonyl (C=O) groups excluding carboxylic acids is 3. The van der Waals surface area contributed by atoms with Crippen molar-refractivity contribution >= 4 is 28.9 Å². The highest BCUT2D eigenvalue weighted by Crippen LogP contribution is 2.27. The van der Waals surface area contributed by atoms with E-state index in [4.69, 9.17) is 0 Å². The second kappa shape index (κ2) is 11.6. The molecule has 2 aliphatic rings. The number of hydrogen-bond acceptors (Lipinski definition) is 4. The zero-order valence-electron chi connectivity index (χ0n) is 22.8. The smallest absolute Gasteiger partial charge is 0.255 e. The van der Waals surface area contributed by atoms with Gasteiger partial charge in [-0.3, -0.25) is 14.4 Å². The summed E-state index contributed by atoms with van der Waals surface area (Å²) in [5.74, 6) is 0.188. The van der Waals surface area contributed by atoms with E-state index >= 15 is 0 Å². The molecule has 0 saturated carbocycles. The number of amides is 2. The van der Waals surface area contributed by atoms with E-state index in [0.29, 0.717) is 30.3 Å².